The molecule has 3 heteroatoms. The lowest BCUT2D eigenvalue weighted by Gasteiger charge is -2.26. The minimum absolute atomic E-state index is 1.10. The van der Waals surface area contributed by atoms with Gasteiger partial charge in [0.25, 0.3) is 0 Å². The van der Waals surface area contributed by atoms with Gasteiger partial charge in [0.15, 0.2) is 0 Å². The van der Waals surface area contributed by atoms with Crippen molar-refractivity contribution in [3.05, 3.63) is 231 Å². The molecule has 11 rings (SSSR count). The maximum Gasteiger partial charge on any atom is 0.0727 e. The topological polar surface area (TPSA) is 8.17 Å². The van der Waals surface area contributed by atoms with Crippen LogP contribution in [0.2, 0.25) is 0 Å². The first-order valence-electron chi connectivity index (χ1n) is 20.1. The number of benzene rings is 9. The van der Waals surface area contributed by atoms with Crippen molar-refractivity contribution in [3.63, 3.8) is 0 Å². The van der Waals surface area contributed by atoms with Crippen LogP contribution in [0.5, 0.6) is 0 Å². The summed E-state index contributed by atoms with van der Waals surface area (Å²) in [7, 11) is 0. The van der Waals surface area contributed by atoms with E-state index in [-0.39, 0.29) is 0 Å². The summed E-state index contributed by atoms with van der Waals surface area (Å²) in [5, 5.41) is 2.57. The zero-order chi connectivity index (χ0) is 39.1. The van der Waals surface area contributed by atoms with Crippen molar-refractivity contribution in [3.8, 4) is 50.2 Å². The van der Waals surface area contributed by atoms with E-state index in [1.807, 2.05) is 11.3 Å². The third-order valence-corrected chi connectivity index (χ3v) is 12.7. The third kappa shape index (κ3) is 6.29. The number of para-hydroxylation sites is 2. The van der Waals surface area contributed by atoms with Crippen LogP contribution in [0.3, 0.4) is 0 Å². The van der Waals surface area contributed by atoms with Crippen LogP contribution < -0.4 is 4.90 Å². The first kappa shape index (κ1) is 34.8. The first-order chi connectivity index (χ1) is 29.3. The van der Waals surface area contributed by atoms with Gasteiger partial charge in [0.2, 0.25) is 0 Å². The van der Waals surface area contributed by atoms with Gasteiger partial charge in [-0.05, 0) is 99.1 Å². The summed E-state index contributed by atoms with van der Waals surface area (Å²) in [4.78, 5) is 2.36. The highest BCUT2D eigenvalue weighted by atomic mass is 32.1. The number of hydrogen-bond acceptors (Lipinski definition) is 2. The molecule has 0 fully saturated rings. The molecule has 59 heavy (non-hydrogen) atoms. The lowest BCUT2D eigenvalue weighted by molar-refractivity contribution is 1.19. The molecule has 0 bridgehead atoms. The van der Waals surface area contributed by atoms with E-state index in [9.17, 15) is 0 Å². The molecule has 0 amide bonds. The third-order valence-electron chi connectivity index (χ3n) is 11.4. The van der Waals surface area contributed by atoms with Gasteiger partial charge in [0, 0.05) is 38.2 Å². The minimum Gasteiger partial charge on any atom is -0.311 e. The highest BCUT2D eigenvalue weighted by Crippen LogP contribution is 2.46. The Morgan fingerprint density at radius 2 is 0.712 bits per heavy atom. The van der Waals surface area contributed by atoms with Gasteiger partial charge in [-0.2, -0.15) is 0 Å². The van der Waals surface area contributed by atoms with Gasteiger partial charge in [-0.1, -0.05) is 176 Å². The predicted octanol–water partition coefficient (Wildman–Crippen LogP) is 16.1. The zero-order valence-electron chi connectivity index (χ0n) is 32.2. The van der Waals surface area contributed by atoms with E-state index in [0.29, 0.717) is 0 Å². The maximum absolute atomic E-state index is 2.43. The van der Waals surface area contributed by atoms with E-state index in [1.165, 1.54) is 81.4 Å². The molecule has 0 aliphatic carbocycles. The van der Waals surface area contributed by atoms with E-state index in [4.69, 9.17) is 0 Å². The minimum atomic E-state index is 1.10. The highest BCUT2D eigenvalue weighted by Gasteiger charge is 2.20. The van der Waals surface area contributed by atoms with Crippen LogP contribution in [0.1, 0.15) is 0 Å². The molecule has 278 valence electrons. The average molecular weight is 771 g/mol. The first-order valence-corrected chi connectivity index (χ1v) is 20.9. The van der Waals surface area contributed by atoms with Crippen LogP contribution in [0.4, 0.5) is 17.1 Å². The van der Waals surface area contributed by atoms with E-state index in [0.717, 1.165) is 17.1 Å². The van der Waals surface area contributed by atoms with E-state index in [1.54, 1.807) is 0 Å². The summed E-state index contributed by atoms with van der Waals surface area (Å²) in [6.45, 7) is 0. The number of fused-ring (bicyclic) bond motifs is 5. The summed E-state index contributed by atoms with van der Waals surface area (Å²) in [6.07, 6.45) is 0. The molecule has 9 aromatic carbocycles. The van der Waals surface area contributed by atoms with Gasteiger partial charge in [-0.3, -0.25) is 0 Å². The molecule has 2 aromatic heterocycles. The summed E-state index contributed by atoms with van der Waals surface area (Å²) in [5.41, 5.74) is 16.7. The van der Waals surface area contributed by atoms with Crippen LogP contribution in [0.15, 0.2) is 231 Å². The van der Waals surface area contributed by atoms with Crippen molar-refractivity contribution in [2.75, 3.05) is 4.90 Å². The summed E-state index contributed by atoms with van der Waals surface area (Å²) < 4.78 is 5.06. The van der Waals surface area contributed by atoms with Crippen molar-refractivity contribution >= 4 is 59.6 Å². The fourth-order valence-electron chi connectivity index (χ4n) is 8.52. The second-order valence-electron chi connectivity index (χ2n) is 14.9. The summed E-state index contributed by atoms with van der Waals surface area (Å²) >= 11 is 1.90. The highest BCUT2D eigenvalue weighted by molar-refractivity contribution is 7.27. The second kappa shape index (κ2) is 14.8. The van der Waals surface area contributed by atoms with Gasteiger partial charge in [-0.15, -0.1) is 11.3 Å². The number of hydrogen-bond donors (Lipinski definition) is 0. The molecule has 0 unspecified atom stereocenters. The standard InChI is InChI=1S/C56H38N2S/c1-4-13-39(14-5-1)41-23-25-42(26-24-41)44-29-35-48(36-30-44)57(47-33-27-43(28-34-47)40-15-6-2-7-16-40)49-37-31-45(32-38-49)50-20-12-21-52-54-56(59-55(50)52)51-19-10-11-22-53(51)58(54)46-17-8-3-9-18-46/h1-38H. The number of rotatable bonds is 8. The number of thiophene rings is 1. The summed E-state index contributed by atoms with van der Waals surface area (Å²) in [6, 6.07) is 83.2. The van der Waals surface area contributed by atoms with Gasteiger partial charge in [0.1, 0.15) is 0 Å². The van der Waals surface area contributed by atoms with Crippen molar-refractivity contribution in [2.45, 2.75) is 0 Å². The molecule has 0 saturated heterocycles. The van der Waals surface area contributed by atoms with Gasteiger partial charge >= 0.3 is 0 Å². The average Bonchev–Trinajstić information content (AvgIpc) is 3.86. The number of aromatic nitrogens is 1. The number of anilines is 3. The van der Waals surface area contributed by atoms with E-state index >= 15 is 0 Å². The molecular weight excluding hydrogens is 733 g/mol. The molecule has 0 radical (unpaired) electrons. The molecule has 11 aromatic rings. The van der Waals surface area contributed by atoms with Gasteiger partial charge < -0.3 is 9.47 Å². The molecule has 0 saturated carbocycles. The fraction of sp³-hybridized carbons (Fsp3) is 0. The largest absolute Gasteiger partial charge is 0.311 e. The maximum atomic E-state index is 2.43. The Morgan fingerprint density at radius 3 is 1.24 bits per heavy atom. The molecular formula is C56H38N2S. The molecule has 0 aliphatic rings. The van der Waals surface area contributed by atoms with E-state index < -0.39 is 0 Å². The Labute approximate surface area is 348 Å². The van der Waals surface area contributed by atoms with Crippen LogP contribution >= 0.6 is 11.3 Å². The molecule has 0 N–H and O–H groups in total. The molecule has 2 heterocycles. The van der Waals surface area contributed by atoms with Crippen LogP contribution in [-0.2, 0) is 0 Å². The quantitative estimate of drug-likeness (QED) is 0.149. The van der Waals surface area contributed by atoms with Crippen molar-refractivity contribution in [1.82, 2.24) is 4.57 Å². The Hall–Kier alpha value is -7.46. The lowest BCUT2D eigenvalue weighted by Crippen LogP contribution is -2.09. The van der Waals surface area contributed by atoms with Gasteiger partial charge in [-0.25, -0.2) is 0 Å². The molecule has 0 aliphatic heterocycles. The van der Waals surface area contributed by atoms with Crippen LogP contribution in [0, 0.1) is 0 Å². The second-order valence-corrected chi connectivity index (χ2v) is 16.0. The van der Waals surface area contributed by atoms with Crippen molar-refractivity contribution in [2.24, 2.45) is 0 Å². The lowest BCUT2D eigenvalue weighted by atomic mass is 10.00. The monoisotopic (exact) mass is 770 g/mol. The van der Waals surface area contributed by atoms with Crippen LogP contribution in [0.25, 0.3) is 81.4 Å². The Balaban J connectivity index is 0.976. The molecule has 0 spiro atoms. The van der Waals surface area contributed by atoms with Crippen molar-refractivity contribution in [1.29, 1.82) is 0 Å². The molecule has 0 atom stereocenters. The normalized spacial score (nSPS) is 11.4. The Bertz CT molecular complexity index is 3200. The zero-order valence-corrected chi connectivity index (χ0v) is 33.1. The number of nitrogens with zero attached hydrogens (tertiary/aromatic N) is 2. The Kier molecular flexibility index (Phi) is 8.72. The van der Waals surface area contributed by atoms with E-state index in [2.05, 4.69) is 240 Å². The smallest absolute Gasteiger partial charge is 0.0727 e. The predicted molar refractivity (Wildman–Crippen MR) is 253 cm³/mol. The summed E-state index contributed by atoms with van der Waals surface area (Å²) in [5.74, 6) is 0. The van der Waals surface area contributed by atoms with Crippen molar-refractivity contribution < 1.29 is 0 Å². The Morgan fingerprint density at radius 1 is 0.305 bits per heavy atom. The SMILES string of the molecule is c1ccc(-c2ccc(-c3ccc(N(c4ccc(-c5ccccc5)cc4)c4ccc(-c5cccc6c5sc5c7ccccc7n(-c7ccccc7)c65)cc4)cc3)cc2)cc1. The molecule has 2 nitrogen and oxygen atoms in total. The fourth-order valence-corrected chi connectivity index (χ4v) is 9.88. The van der Waals surface area contributed by atoms with Crippen LogP contribution in [-0.4, -0.2) is 4.57 Å². The van der Waals surface area contributed by atoms with Gasteiger partial charge in [0.05, 0.1) is 15.7 Å².